The fourth-order valence-corrected chi connectivity index (χ4v) is 2.49. The number of nitrogens with zero attached hydrogens (tertiary/aromatic N) is 1. The van der Waals surface area contributed by atoms with Crippen LogP contribution in [0, 0.1) is 6.92 Å². The van der Waals surface area contributed by atoms with E-state index in [0.29, 0.717) is 10.8 Å². The van der Waals surface area contributed by atoms with Crippen molar-refractivity contribution in [1.29, 1.82) is 0 Å². The van der Waals surface area contributed by atoms with Crippen molar-refractivity contribution in [1.82, 2.24) is 9.55 Å². The summed E-state index contributed by atoms with van der Waals surface area (Å²) in [5, 5.41) is 2.14. The monoisotopic (exact) mass is 274 g/mol. The van der Waals surface area contributed by atoms with Gasteiger partial charge in [0.05, 0.1) is 15.9 Å². The maximum Gasteiger partial charge on any atom is 0.258 e. The molecule has 0 unspecified atom stereocenters. The number of aromatic amines is 1. The number of fused-ring (bicyclic) bond motifs is 3. The van der Waals surface area contributed by atoms with E-state index in [4.69, 9.17) is 11.6 Å². The Bertz CT molecular complexity index is 938. The van der Waals surface area contributed by atoms with Crippen molar-refractivity contribution in [3.8, 4) is 0 Å². The first kappa shape index (κ1) is 12.0. The predicted octanol–water partition coefficient (Wildman–Crippen LogP) is 2.34. The largest absolute Gasteiger partial charge is 0.363 e. The highest BCUT2D eigenvalue weighted by Gasteiger charge is 2.11. The van der Waals surface area contributed by atoms with Crippen LogP contribution in [0.15, 0.2) is 34.0 Å². The first-order valence-corrected chi connectivity index (χ1v) is 6.18. The molecule has 3 aromatic rings. The molecule has 2 heterocycles. The number of pyridine rings is 2. The van der Waals surface area contributed by atoms with Gasteiger partial charge in [0.15, 0.2) is 5.43 Å². The van der Waals surface area contributed by atoms with Gasteiger partial charge in [0, 0.05) is 30.4 Å². The molecule has 0 amide bonds. The summed E-state index contributed by atoms with van der Waals surface area (Å²) in [7, 11) is 1.69. The number of hydrogen-bond acceptors (Lipinski definition) is 2. The van der Waals surface area contributed by atoms with Crippen LogP contribution in [0.2, 0.25) is 5.02 Å². The maximum absolute atomic E-state index is 12.3. The predicted molar refractivity (Wildman–Crippen MR) is 77.1 cm³/mol. The Morgan fingerprint density at radius 2 is 1.84 bits per heavy atom. The molecule has 0 aliphatic heterocycles. The second-order valence-electron chi connectivity index (χ2n) is 4.61. The fraction of sp³-hybridized carbons (Fsp3) is 0.143. The molecule has 2 aromatic heterocycles. The lowest BCUT2D eigenvalue weighted by molar-refractivity contribution is 0.913. The highest BCUT2D eigenvalue weighted by Crippen LogP contribution is 2.23. The van der Waals surface area contributed by atoms with Gasteiger partial charge in [0.2, 0.25) is 0 Å². The number of aromatic nitrogens is 2. The third-order valence-electron chi connectivity index (χ3n) is 3.33. The number of nitrogens with one attached hydrogen (secondary N) is 1. The smallest absolute Gasteiger partial charge is 0.258 e. The van der Waals surface area contributed by atoms with E-state index in [2.05, 4.69) is 4.98 Å². The van der Waals surface area contributed by atoms with Crippen LogP contribution < -0.4 is 11.0 Å². The Labute approximate surface area is 113 Å². The van der Waals surface area contributed by atoms with Crippen molar-refractivity contribution in [2.45, 2.75) is 6.92 Å². The minimum atomic E-state index is -0.329. The number of aryl methyl sites for hydroxylation is 2. The number of hydrogen-bond donors (Lipinski definition) is 1. The molecule has 0 saturated heterocycles. The third kappa shape index (κ3) is 1.68. The van der Waals surface area contributed by atoms with E-state index in [9.17, 15) is 9.59 Å². The zero-order chi connectivity index (χ0) is 13.7. The van der Waals surface area contributed by atoms with Gasteiger partial charge in [-0.2, -0.15) is 0 Å². The topological polar surface area (TPSA) is 54.9 Å². The molecule has 4 nitrogen and oxygen atoms in total. The summed E-state index contributed by atoms with van der Waals surface area (Å²) in [6, 6.07) is 4.83. The normalized spacial score (nSPS) is 11.3. The molecule has 0 radical (unpaired) electrons. The van der Waals surface area contributed by atoms with Crippen molar-refractivity contribution in [2.24, 2.45) is 7.05 Å². The van der Waals surface area contributed by atoms with Crippen LogP contribution in [0.3, 0.4) is 0 Å². The molecule has 0 fully saturated rings. The van der Waals surface area contributed by atoms with Crippen LogP contribution in [0.1, 0.15) is 5.69 Å². The standard InChI is InChI=1S/C14H11ClN2O2/c1-7-3-9-8-4-11(15)13(18)5-10(8)14(19)17(2)12(9)6-16-7/h3-6,16H,1-2H3. The Hall–Kier alpha value is -2.07. The van der Waals surface area contributed by atoms with Crippen molar-refractivity contribution in [3.05, 3.63) is 55.7 Å². The minimum Gasteiger partial charge on any atom is -0.363 e. The summed E-state index contributed by atoms with van der Waals surface area (Å²) >= 11 is 5.89. The molecule has 0 aliphatic rings. The Kier molecular flexibility index (Phi) is 2.50. The van der Waals surface area contributed by atoms with Gasteiger partial charge in [-0.3, -0.25) is 9.59 Å². The van der Waals surface area contributed by atoms with Gasteiger partial charge < -0.3 is 9.55 Å². The SMILES string of the molecule is Cc1cc2c3cc(Cl)c(=O)cc3c(=O)n(C)c2c[nH]1. The molecule has 5 heteroatoms. The molecule has 3 rings (SSSR count). The second-order valence-corrected chi connectivity index (χ2v) is 5.01. The van der Waals surface area contributed by atoms with Gasteiger partial charge in [0.25, 0.3) is 5.56 Å². The quantitative estimate of drug-likeness (QED) is 0.640. The molecule has 0 saturated carbocycles. The lowest BCUT2D eigenvalue weighted by Gasteiger charge is -2.09. The maximum atomic E-state index is 12.3. The summed E-state index contributed by atoms with van der Waals surface area (Å²) in [6.07, 6.45) is 1.78. The highest BCUT2D eigenvalue weighted by atomic mass is 35.5. The molecular formula is C14H11ClN2O2. The number of benzene rings is 1. The zero-order valence-electron chi connectivity index (χ0n) is 10.5. The van der Waals surface area contributed by atoms with Crippen LogP contribution >= 0.6 is 11.6 Å². The van der Waals surface area contributed by atoms with Crippen LogP contribution in [0.4, 0.5) is 0 Å². The van der Waals surface area contributed by atoms with E-state index >= 15 is 0 Å². The number of rotatable bonds is 0. The summed E-state index contributed by atoms with van der Waals surface area (Å²) in [6.45, 7) is 1.93. The number of H-pyrrole nitrogens is 1. The highest BCUT2D eigenvalue weighted by molar-refractivity contribution is 6.31. The van der Waals surface area contributed by atoms with Gasteiger partial charge in [-0.25, -0.2) is 0 Å². The average molecular weight is 275 g/mol. The minimum absolute atomic E-state index is 0.132. The van der Waals surface area contributed by atoms with E-state index in [1.54, 1.807) is 19.3 Å². The third-order valence-corrected chi connectivity index (χ3v) is 3.63. The summed E-state index contributed by atoms with van der Waals surface area (Å²) in [5.41, 5.74) is 1.21. The van der Waals surface area contributed by atoms with Gasteiger partial charge in [-0.15, -0.1) is 0 Å². The van der Waals surface area contributed by atoms with E-state index in [0.717, 1.165) is 16.6 Å². The molecule has 0 atom stereocenters. The van der Waals surface area contributed by atoms with Gasteiger partial charge in [-0.05, 0) is 24.4 Å². The van der Waals surface area contributed by atoms with Crippen LogP contribution in [-0.4, -0.2) is 9.55 Å². The van der Waals surface area contributed by atoms with Gasteiger partial charge in [0.1, 0.15) is 0 Å². The van der Waals surface area contributed by atoms with Gasteiger partial charge >= 0.3 is 0 Å². The van der Waals surface area contributed by atoms with Crippen LogP contribution in [-0.2, 0) is 7.05 Å². The van der Waals surface area contributed by atoms with Crippen molar-refractivity contribution >= 4 is 33.3 Å². The molecule has 0 spiro atoms. The number of halogens is 1. The van der Waals surface area contributed by atoms with Crippen LogP contribution in [0.5, 0.6) is 0 Å². The first-order chi connectivity index (χ1) is 8.99. The van der Waals surface area contributed by atoms with E-state index in [1.165, 1.54) is 10.6 Å². The fourth-order valence-electron chi connectivity index (χ4n) is 2.33. The molecular weight excluding hydrogens is 264 g/mol. The zero-order valence-corrected chi connectivity index (χ0v) is 11.2. The first-order valence-electron chi connectivity index (χ1n) is 5.80. The van der Waals surface area contributed by atoms with E-state index in [-0.39, 0.29) is 16.0 Å². The summed E-state index contributed by atoms with van der Waals surface area (Å²) < 4.78 is 1.53. The molecule has 0 aliphatic carbocycles. The van der Waals surface area contributed by atoms with Crippen LogP contribution in [0.25, 0.3) is 21.7 Å². The molecule has 0 bridgehead atoms. The van der Waals surface area contributed by atoms with Crippen molar-refractivity contribution < 1.29 is 0 Å². The van der Waals surface area contributed by atoms with Crippen molar-refractivity contribution in [3.63, 3.8) is 0 Å². The second kappa shape index (κ2) is 3.96. The van der Waals surface area contributed by atoms with E-state index in [1.807, 2.05) is 13.0 Å². The van der Waals surface area contributed by atoms with E-state index < -0.39 is 0 Å². The lowest BCUT2D eigenvalue weighted by atomic mass is 10.1. The lowest BCUT2D eigenvalue weighted by Crippen LogP contribution is -2.19. The Balaban J connectivity index is 2.72. The Morgan fingerprint density at radius 1 is 1.11 bits per heavy atom. The molecule has 96 valence electrons. The Morgan fingerprint density at radius 3 is 2.58 bits per heavy atom. The average Bonchev–Trinajstić information content (AvgIpc) is 2.38. The summed E-state index contributed by atoms with van der Waals surface area (Å²) in [5.74, 6) is 0. The van der Waals surface area contributed by atoms with Gasteiger partial charge in [-0.1, -0.05) is 11.6 Å². The molecule has 1 aromatic carbocycles. The van der Waals surface area contributed by atoms with Crippen molar-refractivity contribution in [2.75, 3.05) is 0 Å². The summed E-state index contributed by atoms with van der Waals surface area (Å²) in [4.78, 5) is 26.9. The molecule has 1 N–H and O–H groups in total. The molecule has 19 heavy (non-hydrogen) atoms.